The maximum atomic E-state index is 14.5. The first-order valence-corrected chi connectivity index (χ1v) is 11.7. The normalized spacial score (nSPS) is 21.1. The number of methoxy groups -OCH3 is 1. The van der Waals surface area contributed by atoms with Crippen LogP contribution in [0.25, 0.3) is 10.9 Å². The molecule has 2 N–H and O–H groups in total. The Balaban J connectivity index is 1.45. The van der Waals surface area contributed by atoms with Gasteiger partial charge in [0, 0.05) is 29.6 Å². The third kappa shape index (κ3) is 4.25. The molecule has 3 aromatic rings. The quantitative estimate of drug-likeness (QED) is 0.347. The van der Waals surface area contributed by atoms with Crippen molar-refractivity contribution in [3.05, 3.63) is 59.9 Å². The minimum Gasteiger partial charge on any atom is -0.495 e. The van der Waals surface area contributed by atoms with Crippen molar-refractivity contribution in [3.63, 3.8) is 0 Å². The van der Waals surface area contributed by atoms with E-state index in [9.17, 15) is 13.6 Å². The van der Waals surface area contributed by atoms with E-state index >= 15 is 0 Å². The lowest BCUT2D eigenvalue weighted by atomic mass is 9.96. The number of nitrogens with one attached hydrogen (secondary N) is 2. The lowest BCUT2D eigenvalue weighted by molar-refractivity contribution is -0.130. The zero-order chi connectivity index (χ0) is 24.7. The van der Waals surface area contributed by atoms with Crippen LogP contribution in [0.1, 0.15) is 25.7 Å². The van der Waals surface area contributed by atoms with Gasteiger partial charge < -0.3 is 20.3 Å². The molecule has 2 aliphatic heterocycles. The third-order valence-electron chi connectivity index (χ3n) is 6.77. The Morgan fingerprint density at radius 1 is 1.20 bits per heavy atom. The molecule has 5 rings (SSSR count). The van der Waals surface area contributed by atoms with Crippen molar-refractivity contribution in [3.8, 4) is 5.75 Å². The van der Waals surface area contributed by atoms with Crippen molar-refractivity contribution in [2.45, 2.75) is 43.8 Å². The highest BCUT2D eigenvalue weighted by molar-refractivity contribution is 6.31. The summed E-state index contributed by atoms with van der Waals surface area (Å²) in [5.41, 5.74) is 1.32. The zero-order valence-electron chi connectivity index (χ0n) is 19.0. The van der Waals surface area contributed by atoms with E-state index in [4.69, 9.17) is 16.3 Å². The second-order valence-corrected chi connectivity index (χ2v) is 9.17. The lowest BCUT2D eigenvalue weighted by Crippen LogP contribution is -2.49. The van der Waals surface area contributed by atoms with Gasteiger partial charge in [0.25, 0.3) is 0 Å². The maximum absolute atomic E-state index is 14.5. The first-order valence-electron chi connectivity index (χ1n) is 11.3. The molecule has 2 aromatic carbocycles. The van der Waals surface area contributed by atoms with Crippen LogP contribution in [0.5, 0.6) is 5.75 Å². The fraction of sp³-hybridized carbons (Fsp3) is 0.320. The fourth-order valence-corrected chi connectivity index (χ4v) is 5.36. The maximum Gasteiger partial charge on any atom is 0.246 e. The molecule has 0 spiro atoms. The molecule has 35 heavy (non-hydrogen) atoms. The molecule has 182 valence electrons. The van der Waals surface area contributed by atoms with E-state index in [-0.39, 0.29) is 29.7 Å². The number of carbonyl (C=O) groups excluding carboxylic acids is 1. The second kappa shape index (κ2) is 9.30. The van der Waals surface area contributed by atoms with E-state index in [1.807, 2.05) is 11.0 Å². The standard InChI is InChI=1S/C25H24ClF2N5O2/c1-3-22(34)33-14-4-5-15(33)9-13(8-14)31-20-10-16-19(11-21(20)35-2)29-12-30-25(16)32-18-7-6-17(27)23(26)24(18)28/h3,6-7,10-15,31H,1,4-5,8-9H2,2H3,(H,29,30,32)/t13-,14-,15+. The summed E-state index contributed by atoms with van der Waals surface area (Å²) < 4.78 is 33.7. The molecular formula is C25H24ClF2N5O2. The van der Waals surface area contributed by atoms with Crippen LogP contribution in [-0.2, 0) is 4.79 Å². The molecule has 7 nitrogen and oxygen atoms in total. The highest BCUT2D eigenvalue weighted by Crippen LogP contribution is 2.40. The Hall–Kier alpha value is -3.46. The monoisotopic (exact) mass is 499 g/mol. The molecule has 3 atom stereocenters. The SMILES string of the molecule is C=CC(=O)N1[C@@H]2CC[C@H]1C[C@H](Nc1cc3c(Nc4ccc(F)c(Cl)c4F)ncnc3cc1OC)C2. The molecule has 2 bridgehead atoms. The van der Waals surface area contributed by atoms with Gasteiger partial charge in [-0.2, -0.15) is 0 Å². The topological polar surface area (TPSA) is 79.4 Å². The molecule has 10 heteroatoms. The van der Waals surface area contributed by atoms with Gasteiger partial charge in [0.1, 0.15) is 28.7 Å². The summed E-state index contributed by atoms with van der Waals surface area (Å²) >= 11 is 5.73. The van der Waals surface area contributed by atoms with E-state index in [2.05, 4.69) is 27.2 Å². The molecule has 2 saturated heterocycles. The Morgan fingerprint density at radius 3 is 2.63 bits per heavy atom. The van der Waals surface area contributed by atoms with Crippen molar-refractivity contribution >= 4 is 45.6 Å². The van der Waals surface area contributed by atoms with Crippen molar-refractivity contribution in [2.24, 2.45) is 0 Å². The van der Waals surface area contributed by atoms with Crippen molar-refractivity contribution in [1.29, 1.82) is 0 Å². The zero-order valence-corrected chi connectivity index (χ0v) is 19.8. The van der Waals surface area contributed by atoms with E-state index in [1.54, 1.807) is 13.2 Å². The van der Waals surface area contributed by atoms with Gasteiger partial charge in [0.15, 0.2) is 5.82 Å². The molecule has 0 aliphatic carbocycles. The average Bonchev–Trinajstić information content (AvgIpc) is 3.13. The predicted octanol–water partition coefficient (Wildman–Crippen LogP) is 5.43. The number of halogens is 3. The van der Waals surface area contributed by atoms with Crippen molar-refractivity contribution < 1.29 is 18.3 Å². The molecule has 3 heterocycles. The number of hydrogen-bond acceptors (Lipinski definition) is 6. The molecule has 1 amide bonds. The highest BCUT2D eigenvalue weighted by Gasteiger charge is 2.42. The third-order valence-corrected chi connectivity index (χ3v) is 7.11. The molecule has 1 aromatic heterocycles. The summed E-state index contributed by atoms with van der Waals surface area (Å²) in [6.07, 6.45) is 6.32. The summed E-state index contributed by atoms with van der Waals surface area (Å²) in [4.78, 5) is 22.8. The van der Waals surface area contributed by atoms with Crippen LogP contribution in [-0.4, -0.2) is 46.0 Å². The molecular weight excluding hydrogens is 476 g/mol. The molecule has 2 aliphatic rings. The number of anilines is 3. The van der Waals surface area contributed by atoms with E-state index in [0.717, 1.165) is 37.4 Å². The van der Waals surface area contributed by atoms with E-state index in [1.165, 1.54) is 18.5 Å². The smallest absolute Gasteiger partial charge is 0.246 e. The van der Waals surface area contributed by atoms with Crippen LogP contribution in [0.4, 0.5) is 26.0 Å². The van der Waals surface area contributed by atoms with Gasteiger partial charge in [-0.1, -0.05) is 18.2 Å². The van der Waals surface area contributed by atoms with Crippen LogP contribution in [0, 0.1) is 11.6 Å². The lowest BCUT2D eigenvalue weighted by Gasteiger charge is -2.39. The van der Waals surface area contributed by atoms with Gasteiger partial charge in [0.2, 0.25) is 5.91 Å². The van der Waals surface area contributed by atoms with Gasteiger partial charge in [0.05, 0.1) is 24.0 Å². The van der Waals surface area contributed by atoms with Crippen molar-refractivity contribution in [1.82, 2.24) is 14.9 Å². The van der Waals surface area contributed by atoms with Gasteiger partial charge in [-0.25, -0.2) is 18.7 Å². The number of nitrogens with zero attached hydrogens (tertiary/aromatic N) is 3. The number of piperidine rings is 1. The first kappa shape index (κ1) is 23.3. The Kier molecular flexibility index (Phi) is 6.19. The molecule has 0 radical (unpaired) electrons. The summed E-state index contributed by atoms with van der Waals surface area (Å²) in [6, 6.07) is 6.48. The number of rotatable bonds is 6. The fourth-order valence-electron chi connectivity index (χ4n) is 5.20. The number of carbonyl (C=O) groups is 1. The summed E-state index contributed by atoms with van der Waals surface area (Å²) in [5, 5.41) is 6.51. The van der Waals surface area contributed by atoms with Crippen LogP contribution >= 0.6 is 11.6 Å². The minimum absolute atomic E-state index is 0.00226. The summed E-state index contributed by atoms with van der Waals surface area (Å²) in [5.74, 6) is -0.807. The predicted molar refractivity (Wildman–Crippen MR) is 131 cm³/mol. The number of ether oxygens (including phenoxy) is 1. The van der Waals surface area contributed by atoms with Crippen LogP contribution in [0.15, 0.2) is 43.2 Å². The van der Waals surface area contributed by atoms with Crippen molar-refractivity contribution in [2.75, 3.05) is 17.7 Å². The Morgan fingerprint density at radius 2 is 1.94 bits per heavy atom. The Labute approximate surface area is 206 Å². The number of benzene rings is 2. The minimum atomic E-state index is -0.901. The number of fused-ring (bicyclic) bond motifs is 3. The first-order chi connectivity index (χ1) is 16.9. The van der Waals surface area contributed by atoms with E-state index < -0.39 is 16.7 Å². The number of aromatic nitrogens is 2. The number of amides is 1. The second-order valence-electron chi connectivity index (χ2n) is 8.79. The molecule has 0 unspecified atom stereocenters. The molecule has 2 fully saturated rings. The number of hydrogen-bond donors (Lipinski definition) is 2. The van der Waals surface area contributed by atoms with Gasteiger partial charge in [-0.3, -0.25) is 4.79 Å². The highest BCUT2D eigenvalue weighted by atomic mass is 35.5. The Bertz CT molecular complexity index is 1310. The van der Waals surface area contributed by atoms with Gasteiger partial charge in [-0.05, 0) is 50.0 Å². The summed E-state index contributed by atoms with van der Waals surface area (Å²) in [7, 11) is 1.58. The van der Waals surface area contributed by atoms with Crippen LogP contribution < -0.4 is 15.4 Å². The van der Waals surface area contributed by atoms with Crippen LogP contribution in [0.3, 0.4) is 0 Å². The van der Waals surface area contributed by atoms with Gasteiger partial charge in [-0.15, -0.1) is 0 Å². The van der Waals surface area contributed by atoms with Crippen LogP contribution in [0.2, 0.25) is 5.02 Å². The van der Waals surface area contributed by atoms with E-state index in [0.29, 0.717) is 22.5 Å². The largest absolute Gasteiger partial charge is 0.495 e. The van der Waals surface area contributed by atoms with Gasteiger partial charge >= 0.3 is 0 Å². The molecule has 0 saturated carbocycles. The average molecular weight is 500 g/mol. The summed E-state index contributed by atoms with van der Waals surface area (Å²) in [6.45, 7) is 3.63.